The molecule has 1 unspecified atom stereocenters. The molecule has 0 aliphatic rings. The molecule has 0 aliphatic carbocycles. The Bertz CT molecular complexity index is 536. The van der Waals surface area contributed by atoms with Crippen molar-refractivity contribution < 1.29 is 4.39 Å². The van der Waals surface area contributed by atoms with E-state index >= 15 is 0 Å². The molecule has 0 saturated carbocycles. The molecule has 2 aromatic rings. The highest BCUT2D eigenvalue weighted by Gasteiger charge is 2.24. The van der Waals surface area contributed by atoms with Gasteiger partial charge in [0.25, 0.3) is 0 Å². The van der Waals surface area contributed by atoms with E-state index in [1.165, 1.54) is 6.07 Å². The molecule has 102 valence electrons. The van der Waals surface area contributed by atoms with Crippen molar-refractivity contribution in [2.75, 3.05) is 6.54 Å². The van der Waals surface area contributed by atoms with Crippen LogP contribution in [-0.2, 0) is 7.05 Å². The van der Waals surface area contributed by atoms with Crippen molar-refractivity contribution in [1.29, 1.82) is 0 Å². The van der Waals surface area contributed by atoms with Gasteiger partial charge in [-0.2, -0.15) is 5.10 Å². The lowest BCUT2D eigenvalue weighted by Crippen LogP contribution is -2.27. The zero-order valence-corrected chi connectivity index (χ0v) is 11.7. The lowest BCUT2D eigenvalue weighted by Gasteiger charge is -2.19. The van der Waals surface area contributed by atoms with E-state index in [1.54, 1.807) is 30.2 Å². The van der Waals surface area contributed by atoms with E-state index in [1.807, 2.05) is 6.92 Å². The second-order valence-electron chi connectivity index (χ2n) is 4.26. The lowest BCUT2D eigenvalue weighted by atomic mass is 10.1. The van der Waals surface area contributed by atoms with Gasteiger partial charge in [-0.3, -0.25) is 9.67 Å². The zero-order chi connectivity index (χ0) is 13.8. The Balaban J connectivity index is 2.45. The van der Waals surface area contributed by atoms with Gasteiger partial charge >= 0.3 is 0 Å². The number of halogens is 2. The second-order valence-corrected chi connectivity index (χ2v) is 4.67. The molecule has 0 fully saturated rings. The Kier molecular flexibility index (Phi) is 4.50. The molecule has 6 heteroatoms. The molecule has 0 radical (unpaired) electrons. The van der Waals surface area contributed by atoms with Crippen molar-refractivity contribution in [3.63, 3.8) is 0 Å². The molecular formula is C13H16ClFN4. The van der Waals surface area contributed by atoms with Gasteiger partial charge in [0.05, 0.1) is 28.6 Å². The van der Waals surface area contributed by atoms with Crippen LogP contribution in [0.3, 0.4) is 0 Å². The van der Waals surface area contributed by atoms with Gasteiger partial charge < -0.3 is 5.32 Å². The van der Waals surface area contributed by atoms with E-state index < -0.39 is 6.04 Å². The normalized spacial score (nSPS) is 12.6. The van der Waals surface area contributed by atoms with Crippen LogP contribution in [0.5, 0.6) is 0 Å². The van der Waals surface area contributed by atoms with E-state index in [-0.39, 0.29) is 5.82 Å². The summed E-state index contributed by atoms with van der Waals surface area (Å²) in [6.45, 7) is 2.78. The van der Waals surface area contributed by atoms with Crippen LogP contribution in [0.15, 0.2) is 24.5 Å². The summed E-state index contributed by atoms with van der Waals surface area (Å²) >= 11 is 6.15. The molecule has 0 amide bonds. The highest BCUT2D eigenvalue weighted by molar-refractivity contribution is 6.31. The fourth-order valence-electron chi connectivity index (χ4n) is 1.97. The topological polar surface area (TPSA) is 42.7 Å². The monoisotopic (exact) mass is 282 g/mol. The Morgan fingerprint density at radius 2 is 2.32 bits per heavy atom. The number of aryl methyl sites for hydroxylation is 1. The average Bonchev–Trinajstić information content (AvgIpc) is 2.73. The van der Waals surface area contributed by atoms with Crippen LogP contribution in [0.2, 0.25) is 5.02 Å². The van der Waals surface area contributed by atoms with Gasteiger partial charge in [-0.1, -0.05) is 18.5 Å². The van der Waals surface area contributed by atoms with Crippen LogP contribution in [0.25, 0.3) is 0 Å². The van der Waals surface area contributed by atoms with Crippen molar-refractivity contribution in [1.82, 2.24) is 20.1 Å². The summed E-state index contributed by atoms with van der Waals surface area (Å²) in [5, 5.41) is 7.86. The largest absolute Gasteiger partial charge is 0.304 e. The van der Waals surface area contributed by atoms with Gasteiger partial charge in [0, 0.05) is 13.2 Å². The maximum Gasteiger partial charge on any atom is 0.146 e. The summed E-state index contributed by atoms with van der Waals surface area (Å²) in [5.41, 5.74) is 1.05. The fraction of sp³-hybridized carbons (Fsp3) is 0.385. The number of nitrogens with one attached hydrogen (secondary N) is 1. The maximum atomic E-state index is 13.9. The number of pyridine rings is 1. The molecular weight excluding hydrogens is 267 g/mol. The molecule has 2 aromatic heterocycles. The smallest absolute Gasteiger partial charge is 0.146 e. The molecule has 2 rings (SSSR count). The third kappa shape index (κ3) is 2.93. The summed E-state index contributed by atoms with van der Waals surface area (Å²) in [4.78, 5) is 4.13. The van der Waals surface area contributed by atoms with E-state index in [4.69, 9.17) is 11.6 Å². The van der Waals surface area contributed by atoms with E-state index in [0.717, 1.165) is 13.0 Å². The summed E-state index contributed by atoms with van der Waals surface area (Å²) in [6, 6.07) is 2.56. The van der Waals surface area contributed by atoms with Crippen molar-refractivity contribution in [3.05, 3.63) is 46.8 Å². The van der Waals surface area contributed by atoms with Gasteiger partial charge in [0.15, 0.2) is 0 Å². The lowest BCUT2D eigenvalue weighted by molar-refractivity contribution is 0.507. The number of nitrogens with zero attached hydrogens (tertiary/aromatic N) is 3. The third-order valence-corrected chi connectivity index (χ3v) is 3.16. The maximum absolute atomic E-state index is 13.9. The third-order valence-electron chi connectivity index (χ3n) is 2.87. The summed E-state index contributed by atoms with van der Waals surface area (Å²) in [6.07, 6.45) is 4.06. The molecule has 0 aromatic carbocycles. The van der Waals surface area contributed by atoms with Crippen molar-refractivity contribution in [3.8, 4) is 0 Å². The van der Waals surface area contributed by atoms with Gasteiger partial charge in [-0.05, 0) is 25.1 Å². The SMILES string of the molecule is CCCNC(c1ncccc1F)c1c(Cl)cnn1C. The first-order valence-electron chi connectivity index (χ1n) is 6.16. The predicted octanol–water partition coefficient (Wildman–Crippen LogP) is 2.70. The summed E-state index contributed by atoms with van der Waals surface area (Å²) in [5.74, 6) is -0.353. The van der Waals surface area contributed by atoms with E-state index in [9.17, 15) is 4.39 Å². The minimum Gasteiger partial charge on any atom is -0.304 e. The van der Waals surface area contributed by atoms with E-state index in [2.05, 4.69) is 15.4 Å². The van der Waals surface area contributed by atoms with Crippen LogP contribution in [0, 0.1) is 5.82 Å². The van der Waals surface area contributed by atoms with Gasteiger partial charge in [0.2, 0.25) is 0 Å². The highest BCUT2D eigenvalue weighted by Crippen LogP contribution is 2.27. The molecule has 0 saturated heterocycles. The summed E-state index contributed by atoms with van der Waals surface area (Å²) in [7, 11) is 1.78. The number of aromatic nitrogens is 3. The van der Waals surface area contributed by atoms with Crippen molar-refractivity contribution >= 4 is 11.6 Å². The minimum atomic E-state index is -0.402. The average molecular weight is 283 g/mol. The minimum absolute atomic E-state index is 0.335. The Hall–Kier alpha value is -1.46. The second kappa shape index (κ2) is 6.12. The Morgan fingerprint density at radius 1 is 1.53 bits per heavy atom. The van der Waals surface area contributed by atoms with Crippen LogP contribution >= 0.6 is 11.6 Å². The first-order valence-corrected chi connectivity index (χ1v) is 6.54. The molecule has 1 N–H and O–H groups in total. The number of hydrogen-bond acceptors (Lipinski definition) is 3. The molecule has 2 heterocycles. The van der Waals surface area contributed by atoms with E-state index in [0.29, 0.717) is 16.4 Å². The molecule has 0 spiro atoms. The standard InChI is InChI=1S/C13H16ClFN4/c1-3-6-16-12(11-10(15)5-4-7-17-11)13-9(14)8-18-19(13)2/h4-5,7-8,12,16H,3,6H2,1-2H3. The van der Waals surface area contributed by atoms with Gasteiger partial charge in [-0.15, -0.1) is 0 Å². The molecule has 4 nitrogen and oxygen atoms in total. The van der Waals surface area contributed by atoms with Crippen molar-refractivity contribution in [2.24, 2.45) is 7.05 Å². The fourth-order valence-corrected chi connectivity index (χ4v) is 2.24. The highest BCUT2D eigenvalue weighted by atomic mass is 35.5. The predicted molar refractivity (Wildman–Crippen MR) is 72.5 cm³/mol. The van der Waals surface area contributed by atoms with Gasteiger partial charge in [-0.25, -0.2) is 4.39 Å². The van der Waals surface area contributed by atoms with Crippen LogP contribution in [0.4, 0.5) is 4.39 Å². The van der Waals surface area contributed by atoms with Crippen LogP contribution in [0.1, 0.15) is 30.8 Å². The first-order chi connectivity index (χ1) is 9.15. The molecule has 19 heavy (non-hydrogen) atoms. The Morgan fingerprint density at radius 3 is 2.89 bits per heavy atom. The van der Waals surface area contributed by atoms with Crippen LogP contribution in [-0.4, -0.2) is 21.3 Å². The number of rotatable bonds is 5. The molecule has 1 atom stereocenters. The molecule has 0 bridgehead atoms. The van der Waals surface area contributed by atoms with Gasteiger partial charge in [0.1, 0.15) is 5.82 Å². The summed E-state index contributed by atoms with van der Waals surface area (Å²) < 4.78 is 15.6. The zero-order valence-electron chi connectivity index (χ0n) is 10.9. The first kappa shape index (κ1) is 14.0. The quantitative estimate of drug-likeness (QED) is 0.917. The molecule has 0 aliphatic heterocycles. The van der Waals surface area contributed by atoms with Crippen molar-refractivity contribution in [2.45, 2.75) is 19.4 Å². The van der Waals surface area contributed by atoms with Crippen LogP contribution < -0.4 is 5.32 Å². The Labute approximate surface area is 116 Å². The number of hydrogen-bond donors (Lipinski definition) is 1.